The van der Waals surface area contributed by atoms with Gasteiger partial charge in [-0.15, -0.1) is 0 Å². The average molecular weight is 230 g/mol. The fourth-order valence-corrected chi connectivity index (χ4v) is 1.53. The molecule has 5 nitrogen and oxygen atoms in total. The first-order valence-corrected chi connectivity index (χ1v) is 4.87. The Bertz CT molecular complexity index is 582. The monoisotopic (exact) mass is 230 g/mol. The standard InChI is InChI=1S/C12H10N2O3/c13-9-5-7(6-14-11(9)12(16)17)8-3-1-2-4-10(8)15/h1-6,15H,13H2,(H,16,17). The van der Waals surface area contributed by atoms with Crippen molar-refractivity contribution in [1.82, 2.24) is 4.98 Å². The van der Waals surface area contributed by atoms with Crippen LogP contribution in [0.3, 0.4) is 0 Å². The molecule has 0 spiro atoms. The molecule has 4 N–H and O–H groups in total. The van der Waals surface area contributed by atoms with Gasteiger partial charge in [0, 0.05) is 17.3 Å². The van der Waals surface area contributed by atoms with Crippen molar-refractivity contribution < 1.29 is 15.0 Å². The van der Waals surface area contributed by atoms with E-state index in [9.17, 15) is 9.90 Å². The first-order chi connectivity index (χ1) is 8.09. The summed E-state index contributed by atoms with van der Waals surface area (Å²) in [5.41, 5.74) is 6.60. The number of nitrogens with zero attached hydrogens (tertiary/aromatic N) is 1. The van der Waals surface area contributed by atoms with Crippen LogP contribution in [0.1, 0.15) is 10.5 Å². The minimum absolute atomic E-state index is 0.0678. The SMILES string of the molecule is Nc1cc(-c2ccccc2O)cnc1C(=O)O. The maximum absolute atomic E-state index is 10.7. The van der Waals surface area contributed by atoms with Gasteiger partial charge >= 0.3 is 5.97 Å². The highest BCUT2D eigenvalue weighted by Crippen LogP contribution is 2.29. The zero-order valence-corrected chi connectivity index (χ0v) is 8.79. The maximum Gasteiger partial charge on any atom is 0.356 e. The largest absolute Gasteiger partial charge is 0.507 e. The third-order valence-electron chi connectivity index (χ3n) is 2.33. The molecule has 5 heteroatoms. The van der Waals surface area contributed by atoms with Crippen LogP contribution in [0.4, 0.5) is 5.69 Å². The first kappa shape index (κ1) is 10.9. The molecule has 0 aliphatic heterocycles. The molecular weight excluding hydrogens is 220 g/mol. The normalized spacial score (nSPS) is 10.1. The van der Waals surface area contributed by atoms with Gasteiger partial charge in [0.25, 0.3) is 0 Å². The number of anilines is 1. The quantitative estimate of drug-likeness (QED) is 0.730. The lowest BCUT2D eigenvalue weighted by Gasteiger charge is -2.06. The van der Waals surface area contributed by atoms with Gasteiger partial charge in [-0.05, 0) is 12.1 Å². The Morgan fingerprint density at radius 2 is 2.00 bits per heavy atom. The number of hydrogen-bond acceptors (Lipinski definition) is 4. The molecule has 0 saturated heterocycles. The summed E-state index contributed by atoms with van der Waals surface area (Å²) in [6, 6.07) is 8.17. The van der Waals surface area contributed by atoms with E-state index in [-0.39, 0.29) is 17.1 Å². The van der Waals surface area contributed by atoms with Crippen LogP contribution in [0.15, 0.2) is 36.5 Å². The lowest BCUT2D eigenvalue weighted by Crippen LogP contribution is -2.05. The zero-order valence-electron chi connectivity index (χ0n) is 8.79. The van der Waals surface area contributed by atoms with Crippen LogP contribution in [-0.4, -0.2) is 21.2 Å². The lowest BCUT2D eigenvalue weighted by molar-refractivity contribution is 0.0692. The molecule has 17 heavy (non-hydrogen) atoms. The van der Waals surface area contributed by atoms with Crippen LogP contribution in [0.5, 0.6) is 5.75 Å². The topological polar surface area (TPSA) is 96.4 Å². The van der Waals surface area contributed by atoms with E-state index in [1.807, 2.05) is 0 Å². The van der Waals surface area contributed by atoms with E-state index in [0.29, 0.717) is 11.1 Å². The maximum atomic E-state index is 10.7. The average Bonchev–Trinajstić information content (AvgIpc) is 2.29. The van der Waals surface area contributed by atoms with E-state index >= 15 is 0 Å². The molecule has 0 atom stereocenters. The second-order valence-electron chi connectivity index (χ2n) is 3.48. The minimum Gasteiger partial charge on any atom is -0.507 e. The van der Waals surface area contributed by atoms with Gasteiger partial charge in [0.15, 0.2) is 5.69 Å². The van der Waals surface area contributed by atoms with Crippen LogP contribution in [0.2, 0.25) is 0 Å². The van der Waals surface area contributed by atoms with Gasteiger partial charge in [0.1, 0.15) is 5.75 Å². The van der Waals surface area contributed by atoms with Crippen molar-refractivity contribution in [3.05, 3.63) is 42.2 Å². The molecule has 86 valence electrons. The molecule has 0 saturated carbocycles. The number of para-hydroxylation sites is 1. The predicted octanol–water partition coefficient (Wildman–Crippen LogP) is 1.73. The van der Waals surface area contributed by atoms with E-state index in [1.54, 1.807) is 18.2 Å². The summed E-state index contributed by atoms with van der Waals surface area (Å²) in [6.07, 6.45) is 1.37. The number of phenolic OH excluding ortho intramolecular Hbond substituents is 1. The van der Waals surface area contributed by atoms with Crippen LogP contribution in [-0.2, 0) is 0 Å². The molecular formula is C12H10N2O3. The number of nitrogen functional groups attached to an aromatic ring is 1. The molecule has 0 aliphatic carbocycles. The summed E-state index contributed by atoms with van der Waals surface area (Å²) in [5, 5.41) is 18.4. The molecule has 0 fully saturated rings. The van der Waals surface area contributed by atoms with Crippen molar-refractivity contribution in [3.8, 4) is 16.9 Å². The van der Waals surface area contributed by atoms with Crippen LogP contribution in [0.25, 0.3) is 11.1 Å². The van der Waals surface area contributed by atoms with Crippen molar-refractivity contribution in [1.29, 1.82) is 0 Å². The fraction of sp³-hybridized carbons (Fsp3) is 0. The molecule has 1 aromatic heterocycles. The number of hydrogen-bond donors (Lipinski definition) is 3. The van der Waals surface area contributed by atoms with Gasteiger partial charge in [0.2, 0.25) is 0 Å². The van der Waals surface area contributed by atoms with E-state index < -0.39 is 5.97 Å². The zero-order chi connectivity index (χ0) is 12.4. The number of carboxylic acid groups (broad SMARTS) is 1. The first-order valence-electron chi connectivity index (χ1n) is 4.87. The number of carboxylic acids is 1. The van der Waals surface area contributed by atoms with Gasteiger partial charge in [-0.3, -0.25) is 0 Å². The highest BCUT2D eigenvalue weighted by molar-refractivity contribution is 5.92. The number of nitrogens with two attached hydrogens (primary N) is 1. The Hall–Kier alpha value is -2.56. The molecule has 1 aromatic carbocycles. The van der Waals surface area contributed by atoms with Crippen molar-refractivity contribution in [2.45, 2.75) is 0 Å². The Morgan fingerprint density at radius 1 is 1.29 bits per heavy atom. The number of aromatic carboxylic acids is 1. The van der Waals surface area contributed by atoms with Crippen LogP contribution < -0.4 is 5.73 Å². The Morgan fingerprint density at radius 3 is 2.59 bits per heavy atom. The second kappa shape index (κ2) is 4.13. The van der Waals surface area contributed by atoms with Gasteiger partial charge in [-0.1, -0.05) is 18.2 Å². The minimum atomic E-state index is -1.17. The molecule has 2 aromatic rings. The van der Waals surface area contributed by atoms with E-state index in [1.165, 1.54) is 18.3 Å². The highest BCUT2D eigenvalue weighted by atomic mass is 16.4. The smallest absolute Gasteiger partial charge is 0.356 e. The Kier molecular flexibility index (Phi) is 2.66. The summed E-state index contributed by atoms with van der Waals surface area (Å²) < 4.78 is 0. The highest BCUT2D eigenvalue weighted by Gasteiger charge is 2.11. The van der Waals surface area contributed by atoms with Gasteiger partial charge in [-0.25, -0.2) is 9.78 Å². The summed E-state index contributed by atoms with van der Waals surface area (Å²) >= 11 is 0. The number of carbonyl (C=O) groups is 1. The summed E-state index contributed by atoms with van der Waals surface area (Å²) in [6.45, 7) is 0. The van der Waals surface area contributed by atoms with Gasteiger partial charge in [0.05, 0.1) is 5.69 Å². The van der Waals surface area contributed by atoms with Gasteiger partial charge < -0.3 is 15.9 Å². The molecule has 0 aliphatic rings. The van der Waals surface area contributed by atoms with Crippen molar-refractivity contribution in [2.24, 2.45) is 0 Å². The third-order valence-corrected chi connectivity index (χ3v) is 2.33. The van der Waals surface area contributed by atoms with Crippen molar-refractivity contribution >= 4 is 11.7 Å². The summed E-state index contributed by atoms with van der Waals surface area (Å²) in [5.74, 6) is -1.08. The van der Waals surface area contributed by atoms with Crippen LogP contribution >= 0.6 is 0 Å². The Labute approximate surface area is 97.2 Å². The van der Waals surface area contributed by atoms with E-state index in [4.69, 9.17) is 10.8 Å². The van der Waals surface area contributed by atoms with E-state index in [2.05, 4.69) is 4.98 Å². The number of aromatic nitrogens is 1. The number of rotatable bonds is 2. The third kappa shape index (κ3) is 2.03. The molecule has 0 bridgehead atoms. The number of pyridine rings is 1. The van der Waals surface area contributed by atoms with Gasteiger partial charge in [-0.2, -0.15) is 0 Å². The van der Waals surface area contributed by atoms with E-state index in [0.717, 1.165) is 0 Å². The molecule has 1 heterocycles. The fourth-order valence-electron chi connectivity index (χ4n) is 1.53. The number of phenols is 1. The van der Waals surface area contributed by atoms with Crippen molar-refractivity contribution in [3.63, 3.8) is 0 Å². The number of benzene rings is 1. The molecule has 2 rings (SSSR count). The predicted molar refractivity (Wildman–Crippen MR) is 62.7 cm³/mol. The lowest BCUT2D eigenvalue weighted by atomic mass is 10.1. The molecule has 0 amide bonds. The summed E-state index contributed by atoms with van der Waals surface area (Å²) in [7, 11) is 0. The second-order valence-corrected chi connectivity index (χ2v) is 3.48. The van der Waals surface area contributed by atoms with Crippen molar-refractivity contribution in [2.75, 3.05) is 5.73 Å². The van der Waals surface area contributed by atoms with Crippen LogP contribution in [0, 0.1) is 0 Å². The Balaban J connectivity index is 2.52. The molecule has 0 radical (unpaired) electrons. The molecule has 0 unspecified atom stereocenters. The summed E-state index contributed by atoms with van der Waals surface area (Å²) in [4.78, 5) is 14.5. The number of aromatic hydroxyl groups is 1.